The topological polar surface area (TPSA) is 21.3 Å². The van der Waals surface area contributed by atoms with E-state index in [-0.39, 0.29) is 11.7 Å². The van der Waals surface area contributed by atoms with E-state index in [1.54, 1.807) is 0 Å². The van der Waals surface area contributed by atoms with Gasteiger partial charge in [-0.15, -0.1) is 0 Å². The molecule has 0 amide bonds. The molecule has 0 bridgehead atoms. The number of morpholine rings is 1. The summed E-state index contributed by atoms with van der Waals surface area (Å²) in [4.78, 5) is 0. The molecule has 2 heteroatoms. The Hall–Kier alpha value is -0.860. The largest absolute Gasteiger partial charge is 0.364 e. The molecule has 2 unspecified atom stereocenters. The Kier molecular flexibility index (Phi) is 2.89. The third-order valence-electron chi connectivity index (χ3n) is 5.27. The first-order valence-electron chi connectivity index (χ1n) is 7.85. The first-order valence-corrected chi connectivity index (χ1v) is 7.85. The monoisotopic (exact) mass is 257 g/mol. The van der Waals surface area contributed by atoms with Gasteiger partial charge in [-0.3, -0.25) is 0 Å². The lowest BCUT2D eigenvalue weighted by Gasteiger charge is -2.44. The zero-order valence-corrected chi connectivity index (χ0v) is 11.5. The maximum Gasteiger partial charge on any atom is 0.0988 e. The van der Waals surface area contributed by atoms with Crippen molar-refractivity contribution in [3.05, 3.63) is 35.4 Å². The van der Waals surface area contributed by atoms with Crippen LogP contribution < -0.4 is 5.32 Å². The van der Waals surface area contributed by atoms with Crippen molar-refractivity contribution >= 4 is 0 Å². The Morgan fingerprint density at radius 1 is 1.11 bits per heavy atom. The normalized spacial score (nSPS) is 32.6. The van der Waals surface area contributed by atoms with Gasteiger partial charge >= 0.3 is 0 Å². The smallest absolute Gasteiger partial charge is 0.0988 e. The summed E-state index contributed by atoms with van der Waals surface area (Å²) < 4.78 is 6.68. The molecule has 1 spiro atoms. The molecule has 1 aromatic carbocycles. The first-order chi connectivity index (χ1) is 9.36. The van der Waals surface area contributed by atoms with Crippen molar-refractivity contribution in [2.75, 3.05) is 6.54 Å². The van der Waals surface area contributed by atoms with Crippen molar-refractivity contribution in [2.24, 2.45) is 0 Å². The van der Waals surface area contributed by atoms with E-state index >= 15 is 0 Å². The number of hydrogen-bond donors (Lipinski definition) is 1. The number of hydrogen-bond acceptors (Lipinski definition) is 2. The summed E-state index contributed by atoms with van der Waals surface area (Å²) in [5, 5.41) is 3.81. The van der Waals surface area contributed by atoms with E-state index in [1.807, 2.05) is 0 Å². The molecule has 2 atom stereocenters. The van der Waals surface area contributed by atoms with Crippen LogP contribution in [0.15, 0.2) is 24.3 Å². The SMILES string of the molecule is c1ccc2c(c1)CCCC1NCC3(CCCC3)OC21. The average molecular weight is 257 g/mol. The van der Waals surface area contributed by atoms with Gasteiger partial charge in [0, 0.05) is 12.6 Å². The lowest BCUT2D eigenvalue weighted by Crippen LogP contribution is -2.54. The Morgan fingerprint density at radius 2 is 1.95 bits per heavy atom. The molecule has 102 valence electrons. The number of aryl methyl sites for hydroxylation is 1. The van der Waals surface area contributed by atoms with Gasteiger partial charge in [-0.05, 0) is 43.2 Å². The maximum absolute atomic E-state index is 6.68. The number of rotatable bonds is 0. The first kappa shape index (κ1) is 11.9. The van der Waals surface area contributed by atoms with Gasteiger partial charge in [-0.1, -0.05) is 37.1 Å². The zero-order chi connectivity index (χ0) is 12.7. The van der Waals surface area contributed by atoms with Crippen LogP contribution in [-0.4, -0.2) is 18.2 Å². The summed E-state index contributed by atoms with van der Waals surface area (Å²) in [5.74, 6) is 0. The Morgan fingerprint density at radius 3 is 2.84 bits per heavy atom. The number of nitrogens with one attached hydrogen (secondary N) is 1. The van der Waals surface area contributed by atoms with Crippen molar-refractivity contribution in [2.45, 2.75) is 62.7 Å². The minimum absolute atomic E-state index is 0.138. The second kappa shape index (κ2) is 4.60. The van der Waals surface area contributed by atoms with Crippen molar-refractivity contribution in [3.8, 4) is 0 Å². The predicted octanol–water partition coefficient (Wildman–Crippen LogP) is 3.37. The van der Waals surface area contributed by atoms with E-state index in [1.165, 1.54) is 56.1 Å². The Bertz CT molecular complexity index is 464. The van der Waals surface area contributed by atoms with Crippen LogP contribution in [0.25, 0.3) is 0 Å². The fourth-order valence-electron chi connectivity index (χ4n) is 4.22. The highest BCUT2D eigenvalue weighted by Crippen LogP contribution is 2.43. The van der Waals surface area contributed by atoms with Gasteiger partial charge in [0.05, 0.1) is 11.7 Å². The van der Waals surface area contributed by atoms with E-state index in [9.17, 15) is 0 Å². The highest BCUT2D eigenvalue weighted by Gasteiger charge is 2.44. The number of ether oxygens (including phenoxy) is 1. The fraction of sp³-hybridized carbons (Fsp3) is 0.647. The van der Waals surface area contributed by atoms with Gasteiger partial charge in [0.1, 0.15) is 0 Å². The molecule has 19 heavy (non-hydrogen) atoms. The summed E-state index contributed by atoms with van der Waals surface area (Å²) >= 11 is 0. The predicted molar refractivity (Wildman–Crippen MR) is 76.2 cm³/mol. The van der Waals surface area contributed by atoms with E-state index < -0.39 is 0 Å². The molecule has 1 heterocycles. The van der Waals surface area contributed by atoms with E-state index in [0.717, 1.165) is 6.54 Å². The summed E-state index contributed by atoms with van der Waals surface area (Å²) in [6.07, 6.45) is 9.17. The minimum Gasteiger partial charge on any atom is -0.364 e. The lowest BCUT2D eigenvalue weighted by molar-refractivity contribution is -0.134. The zero-order valence-electron chi connectivity index (χ0n) is 11.5. The van der Waals surface area contributed by atoms with Gasteiger partial charge in [0.2, 0.25) is 0 Å². The molecule has 1 aliphatic heterocycles. The second-order valence-electron chi connectivity index (χ2n) is 6.51. The molecule has 1 N–H and O–H groups in total. The standard InChI is InChI=1S/C17H23NO/c1-2-8-14-13(6-1)7-5-9-15-16(14)19-17(12-18-15)10-3-4-11-17/h1-2,6,8,15-16,18H,3-5,7,9-12H2. The van der Waals surface area contributed by atoms with Crippen LogP contribution in [0.3, 0.4) is 0 Å². The van der Waals surface area contributed by atoms with Crippen LogP contribution in [0.4, 0.5) is 0 Å². The average Bonchev–Trinajstić information content (AvgIpc) is 2.81. The number of fused-ring (bicyclic) bond motifs is 3. The van der Waals surface area contributed by atoms with Crippen molar-refractivity contribution in [1.29, 1.82) is 0 Å². The summed E-state index contributed by atoms with van der Waals surface area (Å²) in [5.41, 5.74) is 3.09. The Labute approximate surface area is 115 Å². The van der Waals surface area contributed by atoms with Crippen molar-refractivity contribution < 1.29 is 4.74 Å². The molecule has 2 nitrogen and oxygen atoms in total. The fourth-order valence-corrected chi connectivity index (χ4v) is 4.22. The van der Waals surface area contributed by atoms with Crippen molar-refractivity contribution in [3.63, 3.8) is 0 Å². The molecule has 1 aromatic rings. The molecule has 2 fully saturated rings. The molecule has 4 rings (SSSR count). The second-order valence-corrected chi connectivity index (χ2v) is 6.51. The van der Waals surface area contributed by atoms with Crippen LogP contribution in [0.1, 0.15) is 55.8 Å². The molecule has 0 radical (unpaired) electrons. The van der Waals surface area contributed by atoms with Crippen LogP contribution in [0.2, 0.25) is 0 Å². The number of benzene rings is 1. The molecule has 1 saturated heterocycles. The van der Waals surface area contributed by atoms with Crippen LogP contribution >= 0.6 is 0 Å². The molecule has 0 aromatic heterocycles. The van der Waals surface area contributed by atoms with Crippen LogP contribution in [0.5, 0.6) is 0 Å². The molecular formula is C17H23NO. The van der Waals surface area contributed by atoms with E-state index in [4.69, 9.17) is 4.74 Å². The van der Waals surface area contributed by atoms with Gasteiger partial charge < -0.3 is 10.1 Å². The molecular weight excluding hydrogens is 234 g/mol. The quantitative estimate of drug-likeness (QED) is 0.769. The summed E-state index contributed by atoms with van der Waals surface area (Å²) in [6.45, 7) is 1.07. The van der Waals surface area contributed by atoms with Gasteiger partial charge in [0.15, 0.2) is 0 Å². The molecule has 1 saturated carbocycles. The van der Waals surface area contributed by atoms with E-state index in [2.05, 4.69) is 29.6 Å². The Balaban J connectivity index is 1.69. The maximum atomic E-state index is 6.68. The van der Waals surface area contributed by atoms with Crippen LogP contribution in [-0.2, 0) is 11.2 Å². The lowest BCUT2D eigenvalue weighted by atomic mass is 9.92. The summed E-state index contributed by atoms with van der Waals surface area (Å²) in [7, 11) is 0. The third-order valence-corrected chi connectivity index (χ3v) is 5.27. The van der Waals surface area contributed by atoms with E-state index in [0.29, 0.717) is 6.04 Å². The van der Waals surface area contributed by atoms with Crippen LogP contribution in [0, 0.1) is 0 Å². The molecule has 2 aliphatic carbocycles. The van der Waals surface area contributed by atoms with Gasteiger partial charge in [-0.2, -0.15) is 0 Å². The highest BCUT2D eigenvalue weighted by molar-refractivity contribution is 5.32. The minimum atomic E-state index is 0.138. The van der Waals surface area contributed by atoms with Gasteiger partial charge in [-0.25, -0.2) is 0 Å². The summed E-state index contributed by atoms with van der Waals surface area (Å²) in [6, 6.07) is 9.43. The molecule has 3 aliphatic rings. The third kappa shape index (κ3) is 2.02. The highest BCUT2D eigenvalue weighted by atomic mass is 16.5. The van der Waals surface area contributed by atoms with Gasteiger partial charge in [0.25, 0.3) is 0 Å². The van der Waals surface area contributed by atoms with Crippen molar-refractivity contribution in [1.82, 2.24) is 5.32 Å².